The van der Waals surface area contributed by atoms with Gasteiger partial charge >= 0.3 is 0 Å². The molecule has 0 radical (unpaired) electrons. The summed E-state index contributed by atoms with van der Waals surface area (Å²) in [5, 5.41) is 9.61. The van der Waals surface area contributed by atoms with Gasteiger partial charge in [0.05, 0.1) is 11.7 Å². The van der Waals surface area contributed by atoms with Crippen LogP contribution in [-0.4, -0.2) is 70.7 Å². The Morgan fingerprint density at radius 2 is 1.88 bits per heavy atom. The highest BCUT2D eigenvalue weighted by molar-refractivity contribution is 5.84. The highest BCUT2D eigenvalue weighted by atomic mass is 16.5. The Balaban J connectivity index is 1.86. The van der Waals surface area contributed by atoms with Crippen molar-refractivity contribution in [3.05, 3.63) is 0 Å². The van der Waals surface area contributed by atoms with Crippen LogP contribution in [0, 0.1) is 5.41 Å². The molecule has 1 N–H and O–H groups in total. The molecule has 2 heterocycles. The molecule has 2 rings (SSSR count). The Hall–Kier alpha value is -1.14. The number of hydrogen-bond acceptors (Lipinski definition) is 4. The van der Waals surface area contributed by atoms with Crippen molar-refractivity contribution in [1.29, 1.82) is 0 Å². The van der Waals surface area contributed by atoms with Crippen molar-refractivity contribution in [1.82, 2.24) is 9.80 Å². The normalized spacial score (nSPS) is 25.7. The summed E-state index contributed by atoms with van der Waals surface area (Å²) in [5.41, 5.74) is -0.866. The monoisotopic (exact) mass is 340 g/mol. The second kappa shape index (κ2) is 7.00. The first-order valence-electron chi connectivity index (χ1n) is 8.94. The number of ether oxygens (including phenoxy) is 1. The fourth-order valence-electron chi connectivity index (χ4n) is 3.34. The lowest BCUT2D eigenvalue weighted by molar-refractivity contribution is -0.146. The quantitative estimate of drug-likeness (QED) is 0.821. The summed E-state index contributed by atoms with van der Waals surface area (Å²) in [6.07, 6.45) is 1.21. The lowest BCUT2D eigenvalue weighted by Crippen LogP contribution is -2.42. The van der Waals surface area contributed by atoms with Gasteiger partial charge in [-0.25, -0.2) is 0 Å². The van der Waals surface area contributed by atoms with Crippen LogP contribution in [0.4, 0.5) is 0 Å². The van der Waals surface area contributed by atoms with Crippen molar-refractivity contribution in [2.75, 3.05) is 26.2 Å². The summed E-state index contributed by atoms with van der Waals surface area (Å²) in [5.74, 6) is 0.0953. The number of carbonyl (C=O) groups excluding carboxylic acids is 2. The van der Waals surface area contributed by atoms with E-state index in [9.17, 15) is 14.7 Å². The van der Waals surface area contributed by atoms with Gasteiger partial charge in [0.15, 0.2) is 0 Å². The summed E-state index contributed by atoms with van der Waals surface area (Å²) in [7, 11) is 0. The van der Waals surface area contributed by atoms with Gasteiger partial charge in [-0.1, -0.05) is 13.8 Å². The number of β-amino-alcohol motifs (C(OH)–C–C–N with tert-alkyl or cyclic N) is 1. The molecular weight excluding hydrogens is 308 g/mol. The zero-order chi connectivity index (χ0) is 18.1. The molecule has 0 aromatic carbocycles. The molecule has 0 aromatic heterocycles. The molecule has 2 amide bonds. The van der Waals surface area contributed by atoms with Gasteiger partial charge in [0.25, 0.3) is 5.91 Å². The Labute approximate surface area is 145 Å². The highest BCUT2D eigenvalue weighted by Crippen LogP contribution is 2.28. The van der Waals surface area contributed by atoms with Gasteiger partial charge in [0, 0.05) is 38.0 Å². The van der Waals surface area contributed by atoms with Crippen LogP contribution >= 0.6 is 0 Å². The Kier molecular flexibility index (Phi) is 5.60. The van der Waals surface area contributed by atoms with E-state index in [4.69, 9.17) is 4.74 Å². The van der Waals surface area contributed by atoms with Crippen LogP contribution in [0.1, 0.15) is 53.9 Å². The van der Waals surface area contributed by atoms with E-state index in [0.29, 0.717) is 45.4 Å². The molecule has 0 spiro atoms. The van der Waals surface area contributed by atoms with E-state index in [2.05, 4.69) is 0 Å². The van der Waals surface area contributed by atoms with Crippen molar-refractivity contribution in [3.63, 3.8) is 0 Å². The van der Waals surface area contributed by atoms with Gasteiger partial charge < -0.3 is 19.6 Å². The van der Waals surface area contributed by atoms with E-state index in [1.165, 1.54) is 0 Å². The maximum atomic E-state index is 12.6. The maximum absolute atomic E-state index is 12.6. The minimum Gasteiger partial charge on any atom is -0.391 e. The van der Waals surface area contributed by atoms with Crippen LogP contribution in [0.25, 0.3) is 0 Å². The zero-order valence-corrected chi connectivity index (χ0v) is 15.7. The van der Waals surface area contributed by atoms with Gasteiger partial charge in [0.2, 0.25) is 5.91 Å². The average molecular weight is 340 g/mol. The molecule has 2 unspecified atom stereocenters. The SMILES string of the molecule is CC(C)(C)OC1CCN(CCC(C)(C)C(=O)N2CCC(O)C2)C1=O. The van der Waals surface area contributed by atoms with E-state index in [0.717, 1.165) is 0 Å². The second-order valence-corrected chi connectivity index (χ2v) is 8.66. The number of amides is 2. The van der Waals surface area contributed by atoms with Crippen molar-refractivity contribution in [2.45, 2.75) is 71.7 Å². The molecule has 2 fully saturated rings. The molecule has 0 aromatic rings. The van der Waals surface area contributed by atoms with Gasteiger partial charge in [0.1, 0.15) is 6.10 Å². The minimum absolute atomic E-state index is 0.0322. The number of aliphatic hydroxyl groups excluding tert-OH is 1. The third kappa shape index (κ3) is 4.70. The fraction of sp³-hybridized carbons (Fsp3) is 0.889. The molecule has 0 saturated carbocycles. The molecule has 24 heavy (non-hydrogen) atoms. The van der Waals surface area contributed by atoms with Crippen LogP contribution in [0.2, 0.25) is 0 Å². The van der Waals surface area contributed by atoms with Crippen LogP contribution in [0.15, 0.2) is 0 Å². The summed E-state index contributed by atoms with van der Waals surface area (Å²) >= 11 is 0. The second-order valence-electron chi connectivity index (χ2n) is 8.66. The van der Waals surface area contributed by atoms with Crippen molar-refractivity contribution >= 4 is 11.8 Å². The van der Waals surface area contributed by atoms with Gasteiger partial charge in [-0.05, 0) is 33.6 Å². The van der Waals surface area contributed by atoms with Crippen LogP contribution < -0.4 is 0 Å². The summed E-state index contributed by atoms with van der Waals surface area (Å²) < 4.78 is 5.82. The first-order chi connectivity index (χ1) is 11.0. The smallest absolute Gasteiger partial charge is 0.251 e. The number of carbonyl (C=O) groups is 2. The number of hydrogen-bond donors (Lipinski definition) is 1. The van der Waals surface area contributed by atoms with E-state index in [-0.39, 0.29) is 23.5 Å². The van der Waals surface area contributed by atoms with Crippen LogP contribution in [0.5, 0.6) is 0 Å². The van der Waals surface area contributed by atoms with E-state index >= 15 is 0 Å². The standard InChI is InChI=1S/C18H32N2O4/c1-17(2,3)24-14-7-10-19(15(14)22)11-8-18(4,5)16(23)20-9-6-13(21)12-20/h13-14,21H,6-12H2,1-5H3. The van der Waals surface area contributed by atoms with Crippen molar-refractivity contribution < 1.29 is 19.4 Å². The first kappa shape index (κ1) is 19.2. The molecule has 2 saturated heterocycles. The van der Waals surface area contributed by atoms with Crippen molar-refractivity contribution in [2.24, 2.45) is 5.41 Å². The molecule has 0 aliphatic carbocycles. The van der Waals surface area contributed by atoms with E-state index in [1.807, 2.05) is 39.5 Å². The summed E-state index contributed by atoms with van der Waals surface area (Å²) in [6, 6.07) is 0. The molecule has 6 heteroatoms. The van der Waals surface area contributed by atoms with Crippen LogP contribution in [-0.2, 0) is 14.3 Å². The highest BCUT2D eigenvalue weighted by Gasteiger charge is 2.39. The van der Waals surface area contributed by atoms with Gasteiger partial charge in [-0.2, -0.15) is 0 Å². The van der Waals surface area contributed by atoms with Crippen molar-refractivity contribution in [3.8, 4) is 0 Å². The molecule has 0 bridgehead atoms. The lowest BCUT2D eigenvalue weighted by atomic mass is 9.87. The Morgan fingerprint density at radius 1 is 1.21 bits per heavy atom. The molecule has 138 valence electrons. The number of nitrogens with zero attached hydrogens (tertiary/aromatic N) is 2. The number of likely N-dealkylation sites (tertiary alicyclic amines) is 2. The topological polar surface area (TPSA) is 70.1 Å². The molecular formula is C18H32N2O4. The number of rotatable bonds is 5. The predicted octanol–water partition coefficient (Wildman–Crippen LogP) is 1.41. The fourth-order valence-corrected chi connectivity index (χ4v) is 3.34. The number of aliphatic hydroxyl groups is 1. The Bertz CT molecular complexity index is 484. The van der Waals surface area contributed by atoms with Gasteiger partial charge in [-0.15, -0.1) is 0 Å². The summed E-state index contributed by atoms with van der Waals surface area (Å²) in [4.78, 5) is 28.6. The lowest BCUT2D eigenvalue weighted by Gasteiger charge is -2.31. The predicted molar refractivity (Wildman–Crippen MR) is 91.4 cm³/mol. The maximum Gasteiger partial charge on any atom is 0.251 e. The Morgan fingerprint density at radius 3 is 2.42 bits per heavy atom. The summed E-state index contributed by atoms with van der Waals surface area (Å²) in [6.45, 7) is 12.0. The third-order valence-corrected chi connectivity index (χ3v) is 4.78. The minimum atomic E-state index is -0.534. The van der Waals surface area contributed by atoms with Gasteiger partial charge in [-0.3, -0.25) is 9.59 Å². The molecule has 6 nitrogen and oxygen atoms in total. The average Bonchev–Trinajstić information content (AvgIpc) is 3.02. The van der Waals surface area contributed by atoms with Crippen LogP contribution in [0.3, 0.4) is 0 Å². The first-order valence-corrected chi connectivity index (χ1v) is 8.94. The largest absolute Gasteiger partial charge is 0.391 e. The third-order valence-electron chi connectivity index (χ3n) is 4.78. The van der Waals surface area contributed by atoms with E-state index in [1.54, 1.807) is 4.90 Å². The zero-order valence-electron chi connectivity index (χ0n) is 15.7. The van der Waals surface area contributed by atoms with E-state index < -0.39 is 11.5 Å². The molecule has 2 aliphatic rings. The molecule has 2 aliphatic heterocycles. The molecule has 2 atom stereocenters.